The van der Waals surface area contributed by atoms with Gasteiger partial charge in [-0.1, -0.05) is 24.1 Å². The zero-order chi connectivity index (χ0) is 18.2. The highest BCUT2D eigenvalue weighted by Crippen LogP contribution is 2.43. The Morgan fingerprint density at radius 2 is 2.12 bits per heavy atom. The van der Waals surface area contributed by atoms with Crippen molar-refractivity contribution >= 4 is 11.8 Å². The van der Waals surface area contributed by atoms with Crippen LogP contribution in [0.4, 0.5) is 5.82 Å². The monoisotopic (exact) mass is 358 g/mol. The maximum atomic E-state index is 11.2. The maximum absolute atomic E-state index is 11.2. The summed E-state index contributed by atoms with van der Waals surface area (Å²) in [5.74, 6) is 1.43. The van der Waals surface area contributed by atoms with Crippen molar-refractivity contribution in [1.29, 1.82) is 0 Å². The van der Waals surface area contributed by atoms with E-state index >= 15 is 0 Å². The molecule has 26 heavy (non-hydrogen) atoms. The summed E-state index contributed by atoms with van der Waals surface area (Å²) in [6.07, 6.45) is 9.26. The Hall–Kier alpha value is -2.44. The van der Waals surface area contributed by atoms with E-state index in [0.29, 0.717) is 18.1 Å². The molecule has 140 valence electrons. The fourth-order valence-corrected chi connectivity index (χ4v) is 3.74. The van der Waals surface area contributed by atoms with Crippen molar-refractivity contribution in [1.82, 2.24) is 15.1 Å². The Labute approximate surface area is 153 Å². The first-order valence-corrected chi connectivity index (χ1v) is 9.33. The lowest BCUT2D eigenvalue weighted by atomic mass is 9.79. The van der Waals surface area contributed by atoms with E-state index in [1.54, 1.807) is 6.20 Å². The molecule has 1 saturated carbocycles. The number of hydrogen-bond acceptors (Lipinski definition) is 6. The van der Waals surface area contributed by atoms with Crippen LogP contribution >= 0.6 is 0 Å². The molecule has 0 saturated heterocycles. The van der Waals surface area contributed by atoms with E-state index < -0.39 is 5.97 Å². The average molecular weight is 358 g/mol. The van der Waals surface area contributed by atoms with Gasteiger partial charge >= 0.3 is 5.97 Å². The average Bonchev–Trinajstić information content (AvgIpc) is 3.25. The highest BCUT2D eigenvalue weighted by Gasteiger charge is 2.37. The normalized spacial score (nSPS) is 15.8. The molecule has 0 atom stereocenters. The fraction of sp³-hybridized carbons (Fsp3) is 0.579. The van der Waals surface area contributed by atoms with Crippen molar-refractivity contribution < 1.29 is 14.4 Å². The predicted molar refractivity (Wildman–Crippen MR) is 96.8 cm³/mol. The second-order valence-corrected chi connectivity index (χ2v) is 7.16. The van der Waals surface area contributed by atoms with Crippen molar-refractivity contribution in [2.75, 3.05) is 11.9 Å². The number of pyridine rings is 1. The number of aliphatic carboxylic acids is 1. The number of carboxylic acid groups (broad SMARTS) is 1. The third kappa shape index (κ3) is 5.28. The van der Waals surface area contributed by atoms with Crippen molar-refractivity contribution in [3.05, 3.63) is 36.1 Å². The molecule has 3 rings (SSSR count). The zero-order valence-corrected chi connectivity index (χ0v) is 15.0. The van der Waals surface area contributed by atoms with Crippen LogP contribution in [0.5, 0.6) is 0 Å². The molecule has 0 unspecified atom stereocenters. The zero-order valence-electron chi connectivity index (χ0n) is 15.0. The summed E-state index contributed by atoms with van der Waals surface area (Å²) in [7, 11) is 0. The molecule has 0 amide bonds. The molecule has 2 N–H and O–H groups in total. The first kappa shape index (κ1) is 18.4. The van der Waals surface area contributed by atoms with Crippen LogP contribution in [0.3, 0.4) is 0 Å². The Balaban J connectivity index is 1.42. The summed E-state index contributed by atoms with van der Waals surface area (Å²) in [5.41, 5.74) is -0.206. The lowest BCUT2D eigenvalue weighted by Gasteiger charge is -2.24. The van der Waals surface area contributed by atoms with Crippen LogP contribution in [0.2, 0.25) is 0 Å². The van der Waals surface area contributed by atoms with Gasteiger partial charge in [-0.15, -0.1) is 0 Å². The standard InChI is InChI=1S/C19H26N4O3/c24-18(25)14-19(9-3-4-10-19)13-17-22-16(23-26-17)8-2-6-12-21-15-7-1-5-11-20-15/h1,5,7,11H,2-4,6,8-10,12-14H2,(H,20,21)(H,24,25). The number of nitrogens with zero attached hydrogens (tertiary/aromatic N) is 3. The first-order valence-electron chi connectivity index (χ1n) is 9.33. The van der Waals surface area contributed by atoms with E-state index in [9.17, 15) is 9.90 Å². The number of nitrogens with one attached hydrogen (secondary N) is 1. The molecule has 0 bridgehead atoms. The molecule has 7 nitrogen and oxygen atoms in total. The van der Waals surface area contributed by atoms with Crippen LogP contribution in [-0.4, -0.2) is 32.7 Å². The number of unbranched alkanes of at least 4 members (excludes halogenated alkanes) is 1. The molecule has 0 spiro atoms. The summed E-state index contributed by atoms with van der Waals surface area (Å²) in [5, 5.41) is 16.5. The Morgan fingerprint density at radius 3 is 2.85 bits per heavy atom. The van der Waals surface area contributed by atoms with Gasteiger partial charge in [-0.05, 0) is 43.2 Å². The minimum Gasteiger partial charge on any atom is -0.481 e. The van der Waals surface area contributed by atoms with Crippen molar-refractivity contribution in [2.45, 2.75) is 57.8 Å². The van der Waals surface area contributed by atoms with Crippen molar-refractivity contribution in [3.8, 4) is 0 Å². The molecule has 1 aliphatic carbocycles. The topological polar surface area (TPSA) is 101 Å². The van der Waals surface area contributed by atoms with Gasteiger partial charge in [-0.3, -0.25) is 4.79 Å². The third-order valence-electron chi connectivity index (χ3n) is 5.02. The van der Waals surface area contributed by atoms with Crippen LogP contribution in [0.15, 0.2) is 28.9 Å². The van der Waals surface area contributed by atoms with Crippen LogP contribution in [-0.2, 0) is 17.6 Å². The number of carboxylic acids is 1. The summed E-state index contributed by atoms with van der Waals surface area (Å²) in [6, 6.07) is 5.80. The van der Waals surface area contributed by atoms with Gasteiger partial charge in [0.1, 0.15) is 5.82 Å². The van der Waals surface area contributed by atoms with Crippen molar-refractivity contribution in [3.63, 3.8) is 0 Å². The molecule has 7 heteroatoms. The van der Waals surface area contributed by atoms with Gasteiger partial charge in [-0.2, -0.15) is 4.98 Å². The van der Waals surface area contributed by atoms with Crippen LogP contribution < -0.4 is 5.32 Å². The molecular weight excluding hydrogens is 332 g/mol. The molecule has 0 radical (unpaired) electrons. The lowest BCUT2D eigenvalue weighted by molar-refractivity contribution is -0.139. The first-order chi connectivity index (χ1) is 12.7. The Bertz CT molecular complexity index is 696. The largest absolute Gasteiger partial charge is 0.481 e. The Kier molecular flexibility index (Phi) is 6.20. The number of hydrogen-bond donors (Lipinski definition) is 2. The quantitative estimate of drug-likeness (QED) is 0.627. The molecule has 1 fully saturated rings. The second-order valence-electron chi connectivity index (χ2n) is 7.16. The molecule has 0 aliphatic heterocycles. The van der Waals surface area contributed by atoms with E-state index in [1.165, 1.54) is 0 Å². The molecule has 2 aromatic heterocycles. The number of aryl methyl sites for hydroxylation is 1. The smallest absolute Gasteiger partial charge is 0.303 e. The van der Waals surface area contributed by atoms with Gasteiger partial charge in [-0.25, -0.2) is 4.98 Å². The fourth-order valence-electron chi connectivity index (χ4n) is 3.74. The summed E-state index contributed by atoms with van der Waals surface area (Å²) in [4.78, 5) is 19.9. The number of rotatable bonds is 10. The predicted octanol–water partition coefficient (Wildman–Crippen LogP) is 3.48. The second kappa shape index (κ2) is 8.78. The van der Waals surface area contributed by atoms with Crippen LogP contribution in [0.1, 0.15) is 56.7 Å². The number of aromatic nitrogens is 3. The van der Waals surface area contributed by atoms with Gasteiger partial charge < -0.3 is 14.9 Å². The maximum Gasteiger partial charge on any atom is 0.303 e. The molecule has 0 aromatic carbocycles. The van der Waals surface area contributed by atoms with Gasteiger partial charge in [0.05, 0.1) is 6.42 Å². The van der Waals surface area contributed by atoms with Crippen LogP contribution in [0.25, 0.3) is 0 Å². The Morgan fingerprint density at radius 1 is 1.27 bits per heavy atom. The van der Waals surface area contributed by atoms with Gasteiger partial charge in [0, 0.05) is 25.6 Å². The SMILES string of the molecule is O=C(O)CC1(Cc2nc(CCCCNc3ccccn3)no2)CCCC1. The van der Waals surface area contributed by atoms with E-state index in [4.69, 9.17) is 4.52 Å². The molecule has 1 aliphatic rings. The van der Waals surface area contributed by atoms with E-state index in [1.807, 2.05) is 18.2 Å². The van der Waals surface area contributed by atoms with Crippen molar-refractivity contribution in [2.24, 2.45) is 5.41 Å². The molecule has 2 heterocycles. The summed E-state index contributed by atoms with van der Waals surface area (Å²) >= 11 is 0. The van der Waals surface area contributed by atoms with Gasteiger partial charge in [0.2, 0.25) is 5.89 Å². The van der Waals surface area contributed by atoms with E-state index in [-0.39, 0.29) is 11.8 Å². The highest BCUT2D eigenvalue weighted by molar-refractivity contribution is 5.67. The molecular formula is C19H26N4O3. The highest BCUT2D eigenvalue weighted by atomic mass is 16.5. The van der Waals surface area contributed by atoms with Gasteiger partial charge in [0.15, 0.2) is 5.82 Å². The summed E-state index contributed by atoms with van der Waals surface area (Å²) < 4.78 is 5.38. The van der Waals surface area contributed by atoms with Gasteiger partial charge in [0.25, 0.3) is 0 Å². The minimum atomic E-state index is -0.743. The third-order valence-corrected chi connectivity index (χ3v) is 5.02. The van der Waals surface area contributed by atoms with E-state index in [0.717, 1.165) is 57.3 Å². The number of carbonyl (C=O) groups is 1. The lowest BCUT2D eigenvalue weighted by Crippen LogP contribution is -2.24. The number of anilines is 1. The summed E-state index contributed by atoms with van der Waals surface area (Å²) in [6.45, 7) is 0.851. The minimum absolute atomic E-state index is 0.184. The van der Waals surface area contributed by atoms with E-state index in [2.05, 4.69) is 20.4 Å². The molecule has 2 aromatic rings. The van der Waals surface area contributed by atoms with Crippen LogP contribution in [0, 0.1) is 5.41 Å².